The first-order chi connectivity index (χ1) is 14.2. The molecule has 162 valence electrons. The Morgan fingerprint density at radius 1 is 1.13 bits per heavy atom. The zero-order valence-corrected chi connectivity index (χ0v) is 18.8. The summed E-state index contributed by atoms with van der Waals surface area (Å²) < 4.78 is 1.69. The zero-order valence-electron chi connectivity index (χ0n) is 18.8. The molecular weight excluding hydrogens is 378 g/mol. The Balaban J connectivity index is 1.60. The lowest BCUT2D eigenvalue weighted by molar-refractivity contribution is -0.0363. The highest BCUT2D eigenvalue weighted by Crippen LogP contribution is 2.40. The van der Waals surface area contributed by atoms with Crippen molar-refractivity contribution in [3.8, 4) is 0 Å². The van der Waals surface area contributed by atoms with Crippen molar-refractivity contribution >= 4 is 11.6 Å². The predicted octanol–water partition coefficient (Wildman–Crippen LogP) is 2.54. The fourth-order valence-corrected chi connectivity index (χ4v) is 5.31. The molecule has 1 amide bonds. The van der Waals surface area contributed by atoms with Crippen LogP contribution < -0.4 is 4.90 Å². The lowest BCUT2D eigenvalue weighted by Gasteiger charge is -2.51. The molecule has 2 fully saturated rings. The Kier molecular flexibility index (Phi) is 5.34. The summed E-state index contributed by atoms with van der Waals surface area (Å²) in [6.07, 6.45) is 2.15. The van der Waals surface area contributed by atoms with Gasteiger partial charge in [0.25, 0.3) is 5.91 Å². The maximum Gasteiger partial charge on any atom is 0.272 e. The van der Waals surface area contributed by atoms with Gasteiger partial charge in [0.15, 0.2) is 0 Å². The largest absolute Gasteiger partial charge is 0.392 e. The minimum absolute atomic E-state index is 0.0228. The van der Waals surface area contributed by atoms with Crippen LogP contribution in [0.3, 0.4) is 0 Å². The Labute approximate surface area is 178 Å². The van der Waals surface area contributed by atoms with Gasteiger partial charge in [0, 0.05) is 61.3 Å². The van der Waals surface area contributed by atoms with E-state index in [1.54, 1.807) is 4.68 Å². The molecule has 1 spiro atoms. The van der Waals surface area contributed by atoms with E-state index in [1.165, 1.54) is 0 Å². The van der Waals surface area contributed by atoms with Gasteiger partial charge in [-0.25, -0.2) is 0 Å². The van der Waals surface area contributed by atoms with Crippen LogP contribution in [0.15, 0.2) is 12.1 Å². The fraction of sp³-hybridized carbons (Fsp3) is 0.609. The number of nitrogens with zero attached hydrogens (tertiary/aromatic N) is 5. The summed E-state index contributed by atoms with van der Waals surface area (Å²) in [6, 6.07) is 4.23. The van der Waals surface area contributed by atoms with Crippen molar-refractivity contribution in [3.05, 3.63) is 40.5 Å². The standard InChI is InChI=1S/C23H33N5O2/c1-15-11-19(12-16(2)24-15)27-10-7-20(29)23(13-27)8-6-9-28(14-23)22(30)21-17(3)18(4)25-26(21)5/h11-12,20,29H,6-10,13-14H2,1-5H3/t20-,23-/m1/s1. The third-order valence-corrected chi connectivity index (χ3v) is 6.94. The van der Waals surface area contributed by atoms with Gasteiger partial charge in [-0.05, 0) is 59.1 Å². The minimum atomic E-state index is -0.400. The smallest absolute Gasteiger partial charge is 0.272 e. The van der Waals surface area contributed by atoms with Crippen molar-refractivity contribution < 1.29 is 9.90 Å². The molecule has 4 heterocycles. The maximum atomic E-state index is 13.4. The van der Waals surface area contributed by atoms with Crippen LogP contribution in [0.4, 0.5) is 5.69 Å². The molecule has 0 radical (unpaired) electrons. The van der Waals surface area contributed by atoms with E-state index in [1.807, 2.05) is 39.6 Å². The summed E-state index contributed by atoms with van der Waals surface area (Å²) >= 11 is 0. The van der Waals surface area contributed by atoms with Gasteiger partial charge in [-0.3, -0.25) is 14.5 Å². The van der Waals surface area contributed by atoms with Crippen LogP contribution in [-0.2, 0) is 7.05 Å². The van der Waals surface area contributed by atoms with E-state index in [0.717, 1.165) is 60.8 Å². The maximum absolute atomic E-state index is 13.4. The van der Waals surface area contributed by atoms with Gasteiger partial charge in [-0.1, -0.05) is 0 Å². The van der Waals surface area contributed by atoms with E-state index in [4.69, 9.17) is 0 Å². The molecular formula is C23H33N5O2. The van der Waals surface area contributed by atoms with Crippen LogP contribution in [0.2, 0.25) is 0 Å². The summed E-state index contributed by atoms with van der Waals surface area (Å²) in [5, 5.41) is 15.5. The first-order valence-electron chi connectivity index (χ1n) is 10.9. The van der Waals surface area contributed by atoms with E-state index in [2.05, 4.69) is 27.1 Å². The quantitative estimate of drug-likeness (QED) is 0.822. The van der Waals surface area contributed by atoms with Crippen molar-refractivity contribution in [2.24, 2.45) is 12.5 Å². The number of aryl methyl sites for hydroxylation is 4. The lowest BCUT2D eigenvalue weighted by atomic mass is 9.71. The SMILES string of the molecule is Cc1cc(N2CC[C@@H](O)[C@]3(CCCN(C(=O)c4c(C)c(C)nn4C)C3)C2)cc(C)n1. The molecule has 2 aliphatic heterocycles. The summed E-state index contributed by atoms with van der Waals surface area (Å²) in [5.74, 6) is 0.0228. The van der Waals surface area contributed by atoms with E-state index >= 15 is 0 Å². The summed E-state index contributed by atoms with van der Waals surface area (Å²) in [5.41, 5.74) is 5.36. The van der Waals surface area contributed by atoms with Crippen molar-refractivity contribution in [1.82, 2.24) is 19.7 Å². The normalized spacial score (nSPS) is 24.5. The number of aromatic nitrogens is 3. The van der Waals surface area contributed by atoms with Crippen molar-refractivity contribution in [1.29, 1.82) is 0 Å². The predicted molar refractivity (Wildman–Crippen MR) is 117 cm³/mol. The second-order valence-electron chi connectivity index (χ2n) is 9.21. The summed E-state index contributed by atoms with van der Waals surface area (Å²) in [7, 11) is 1.83. The number of hydrogen-bond donors (Lipinski definition) is 1. The van der Waals surface area contributed by atoms with Gasteiger partial charge in [-0.15, -0.1) is 0 Å². The molecule has 30 heavy (non-hydrogen) atoms. The number of carbonyl (C=O) groups excluding carboxylic acids is 1. The molecule has 2 atom stereocenters. The lowest BCUT2D eigenvalue weighted by Crippen LogP contribution is -2.60. The Morgan fingerprint density at radius 3 is 2.47 bits per heavy atom. The van der Waals surface area contributed by atoms with Crippen molar-refractivity contribution in [2.45, 2.75) is 53.1 Å². The topological polar surface area (TPSA) is 74.5 Å². The van der Waals surface area contributed by atoms with Gasteiger partial charge in [0.05, 0.1) is 11.8 Å². The number of amides is 1. The van der Waals surface area contributed by atoms with Crippen LogP contribution in [0.5, 0.6) is 0 Å². The number of anilines is 1. The second kappa shape index (κ2) is 7.69. The molecule has 0 bridgehead atoms. The number of hydrogen-bond acceptors (Lipinski definition) is 5. The highest BCUT2D eigenvalue weighted by atomic mass is 16.3. The number of aliphatic hydroxyl groups is 1. The molecule has 0 saturated carbocycles. The van der Waals surface area contributed by atoms with E-state index in [9.17, 15) is 9.90 Å². The molecule has 0 unspecified atom stereocenters. The number of carbonyl (C=O) groups is 1. The molecule has 7 heteroatoms. The van der Waals surface area contributed by atoms with E-state index < -0.39 is 6.10 Å². The van der Waals surface area contributed by atoms with Crippen LogP contribution in [0.25, 0.3) is 0 Å². The van der Waals surface area contributed by atoms with Gasteiger partial charge >= 0.3 is 0 Å². The number of rotatable bonds is 2. The number of likely N-dealkylation sites (tertiary alicyclic amines) is 1. The molecule has 0 aliphatic carbocycles. The third-order valence-electron chi connectivity index (χ3n) is 6.94. The van der Waals surface area contributed by atoms with Crippen molar-refractivity contribution in [2.75, 3.05) is 31.1 Å². The highest BCUT2D eigenvalue weighted by Gasteiger charge is 2.47. The van der Waals surface area contributed by atoms with Gasteiger partial charge in [0.1, 0.15) is 5.69 Å². The van der Waals surface area contributed by atoms with Crippen LogP contribution in [-0.4, -0.2) is 63.0 Å². The van der Waals surface area contributed by atoms with E-state index in [-0.39, 0.29) is 11.3 Å². The summed E-state index contributed by atoms with van der Waals surface area (Å²) in [4.78, 5) is 22.2. The Morgan fingerprint density at radius 2 is 1.83 bits per heavy atom. The molecule has 2 saturated heterocycles. The fourth-order valence-electron chi connectivity index (χ4n) is 5.31. The number of aliphatic hydroxyl groups excluding tert-OH is 1. The van der Waals surface area contributed by atoms with Gasteiger partial charge in [0.2, 0.25) is 0 Å². The summed E-state index contributed by atoms with van der Waals surface area (Å²) in [6.45, 7) is 10.8. The van der Waals surface area contributed by atoms with E-state index in [0.29, 0.717) is 18.7 Å². The monoisotopic (exact) mass is 411 g/mol. The Bertz CT molecular complexity index is 948. The Hall–Kier alpha value is -2.41. The third kappa shape index (κ3) is 3.60. The van der Waals surface area contributed by atoms with Crippen molar-refractivity contribution in [3.63, 3.8) is 0 Å². The first-order valence-corrected chi connectivity index (χ1v) is 10.9. The second-order valence-corrected chi connectivity index (χ2v) is 9.21. The number of pyridine rings is 1. The van der Waals surface area contributed by atoms with Gasteiger partial charge < -0.3 is 14.9 Å². The highest BCUT2D eigenvalue weighted by molar-refractivity contribution is 5.94. The first kappa shape index (κ1) is 20.8. The molecule has 4 rings (SSSR count). The average Bonchev–Trinajstić information content (AvgIpc) is 2.94. The van der Waals surface area contributed by atoms with Crippen LogP contribution in [0, 0.1) is 33.1 Å². The van der Waals surface area contributed by atoms with Gasteiger partial charge in [-0.2, -0.15) is 5.10 Å². The molecule has 0 aromatic carbocycles. The molecule has 7 nitrogen and oxygen atoms in total. The van der Waals surface area contributed by atoms with Crippen LogP contribution in [0.1, 0.15) is 52.4 Å². The average molecular weight is 412 g/mol. The molecule has 1 N–H and O–H groups in total. The minimum Gasteiger partial charge on any atom is -0.392 e. The number of piperidine rings is 2. The molecule has 2 aliphatic rings. The molecule has 2 aromatic rings. The molecule has 2 aromatic heterocycles. The zero-order chi connectivity index (χ0) is 21.6. The van der Waals surface area contributed by atoms with Crippen LogP contribution >= 0.6 is 0 Å².